The molecule has 0 bridgehead atoms. The number of aliphatic hydroxyl groups is 1. The van der Waals surface area contributed by atoms with E-state index in [-0.39, 0.29) is 6.04 Å². The summed E-state index contributed by atoms with van der Waals surface area (Å²) >= 11 is 1.59. The first-order chi connectivity index (χ1) is 8.25. The molecular weight excluding hydrogens is 236 g/mol. The van der Waals surface area contributed by atoms with Crippen molar-refractivity contribution in [2.75, 3.05) is 0 Å². The zero-order valence-electron chi connectivity index (χ0n) is 9.67. The molecule has 0 spiro atoms. The number of rotatable bonds is 6. The van der Waals surface area contributed by atoms with Crippen LogP contribution in [0.1, 0.15) is 30.9 Å². The van der Waals surface area contributed by atoms with E-state index in [0.717, 1.165) is 12.2 Å². The van der Waals surface area contributed by atoms with Gasteiger partial charge >= 0.3 is 0 Å². The lowest BCUT2D eigenvalue weighted by atomic mass is 10.1. The van der Waals surface area contributed by atoms with Crippen molar-refractivity contribution in [1.82, 2.24) is 10.3 Å². The van der Waals surface area contributed by atoms with Crippen molar-refractivity contribution in [1.29, 1.82) is 0 Å². The van der Waals surface area contributed by atoms with Crippen LogP contribution in [0.25, 0.3) is 0 Å². The molecule has 0 fully saturated rings. The van der Waals surface area contributed by atoms with Crippen molar-refractivity contribution in [2.24, 2.45) is 0 Å². The van der Waals surface area contributed by atoms with E-state index in [1.54, 1.807) is 29.7 Å². The minimum atomic E-state index is -0.553. The van der Waals surface area contributed by atoms with Gasteiger partial charge in [0.05, 0.1) is 17.5 Å². The maximum Gasteiger partial charge on any atom is 0.132 e. The predicted octanol–water partition coefficient (Wildman–Crippen LogP) is 2.34. The topological polar surface area (TPSA) is 58.3 Å². The van der Waals surface area contributed by atoms with Gasteiger partial charge in [-0.25, -0.2) is 4.98 Å². The fraction of sp³-hybridized carbons (Fsp3) is 0.417. The minimum Gasteiger partial charge on any atom is -0.467 e. The van der Waals surface area contributed by atoms with Gasteiger partial charge in [-0.2, -0.15) is 0 Å². The van der Waals surface area contributed by atoms with Gasteiger partial charge in [-0.15, -0.1) is 11.3 Å². The van der Waals surface area contributed by atoms with Crippen LogP contribution < -0.4 is 5.32 Å². The normalized spacial score (nSPS) is 14.7. The Hall–Kier alpha value is -1.17. The second kappa shape index (κ2) is 5.95. The fourth-order valence-corrected chi connectivity index (χ4v) is 2.18. The van der Waals surface area contributed by atoms with Crippen LogP contribution in [-0.4, -0.2) is 16.1 Å². The average Bonchev–Trinajstić information content (AvgIpc) is 2.99. The first-order valence-corrected chi connectivity index (χ1v) is 6.52. The number of nitrogens with zero attached hydrogens (tertiary/aromatic N) is 1. The van der Waals surface area contributed by atoms with E-state index in [9.17, 15) is 5.11 Å². The Balaban J connectivity index is 1.75. The summed E-state index contributed by atoms with van der Waals surface area (Å²) in [5.41, 5.74) is 2.86. The summed E-state index contributed by atoms with van der Waals surface area (Å²) in [6.45, 7) is 2.77. The summed E-state index contributed by atoms with van der Waals surface area (Å²) in [5, 5.41) is 15.2. The molecule has 2 N–H and O–H groups in total. The molecule has 0 aromatic carbocycles. The molecular formula is C12H16N2O2S. The standard InChI is InChI=1S/C12H16N2O2S/c1-9(13-6-10-7-17-8-14-10)5-11(15)12-3-2-4-16-12/h2-4,7-9,11,13,15H,5-6H2,1H3/t9-,11+/m1/s1. The van der Waals surface area contributed by atoms with Crippen LogP contribution in [0.5, 0.6) is 0 Å². The Bertz CT molecular complexity index is 414. The van der Waals surface area contributed by atoms with E-state index in [1.807, 2.05) is 17.8 Å². The third kappa shape index (κ3) is 3.66. The zero-order chi connectivity index (χ0) is 12.1. The van der Waals surface area contributed by atoms with E-state index in [1.165, 1.54) is 0 Å². The Morgan fingerprint density at radius 3 is 3.12 bits per heavy atom. The van der Waals surface area contributed by atoms with Crippen molar-refractivity contribution in [3.05, 3.63) is 40.7 Å². The third-order valence-electron chi connectivity index (χ3n) is 2.56. The van der Waals surface area contributed by atoms with E-state index in [0.29, 0.717) is 12.2 Å². The van der Waals surface area contributed by atoms with Crippen molar-refractivity contribution in [3.8, 4) is 0 Å². The van der Waals surface area contributed by atoms with Crippen LogP contribution in [0.15, 0.2) is 33.7 Å². The van der Waals surface area contributed by atoms with Crippen molar-refractivity contribution >= 4 is 11.3 Å². The van der Waals surface area contributed by atoms with Crippen molar-refractivity contribution in [2.45, 2.75) is 32.0 Å². The molecule has 2 aromatic heterocycles. The summed E-state index contributed by atoms with van der Waals surface area (Å²) in [6, 6.07) is 3.78. The molecule has 0 amide bonds. The minimum absolute atomic E-state index is 0.205. The number of aromatic nitrogens is 1. The second-order valence-electron chi connectivity index (χ2n) is 4.03. The molecule has 0 aliphatic carbocycles. The van der Waals surface area contributed by atoms with E-state index in [2.05, 4.69) is 10.3 Å². The Morgan fingerprint density at radius 1 is 1.59 bits per heavy atom. The molecule has 0 unspecified atom stereocenters. The molecule has 4 nitrogen and oxygen atoms in total. The lowest BCUT2D eigenvalue weighted by Gasteiger charge is -2.15. The predicted molar refractivity (Wildman–Crippen MR) is 66.7 cm³/mol. The second-order valence-corrected chi connectivity index (χ2v) is 4.75. The SMILES string of the molecule is C[C@H](C[C@H](O)c1ccco1)NCc1cscn1. The Morgan fingerprint density at radius 2 is 2.47 bits per heavy atom. The maximum atomic E-state index is 9.89. The lowest BCUT2D eigenvalue weighted by Crippen LogP contribution is -2.27. The van der Waals surface area contributed by atoms with Gasteiger partial charge in [-0.05, 0) is 25.5 Å². The zero-order valence-corrected chi connectivity index (χ0v) is 10.5. The molecule has 2 atom stereocenters. The molecule has 2 rings (SSSR count). The number of aliphatic hydroxyl groups excluding tert-OH is 1. The average molecular weight is 252 g/mol. The van der Waals surface area contributed by atoms with Gasteiger partial charge in [0.1, 0.15) is 11.9 Å². The van der Waals surface area contributed by atoms with Crippen LogP contribution in [0, 0.1) is 0 Å². The van der Waals surface area contributed by atoms with Gasteiger partial charge in [-0.1, -0.05) is 0 Å². The highest BCUT2D eigenvalue weighted by molar-refractivity contribution is 7.07. The third-order valence-corrected chi connectivity index (χ3v) is 3.20. The molecule has 0 saturated heterocycles. The van der Waals surface area contributed by atoms with Crippen molar-refractivity contribution in [3.63, 3.8) is 0 Å². The number of hydrogen-bond acceptors (Lipinski definition) is 5. The highest BCUT2D eigenvalue weighted by Gasteiger charge is 2.14. The molecule has 0 aliphatic rings. The number of nitrogens with one attached hydrogen (secondary N) is 1. The summed E-state index contributed by atoms with van der Waals surface area (Å²) in [7, 11) is 0. The number of thiazole rings is 1. The molecule has 92 valence electrons. The first kappa shape index (κ1) is 12.3. The van der Waals surface area contributed by atoms with Gasteiger partial charge in [0.15, 0.2) is 0 Å². The van der Waals surface area contributed by atoms with Gasteiger partial charge in [0, 0.05) is 18.0 Å². The Labute approximate surface area is 104 Å². The van der Waals surface area contributed by atoms with Crippen molar-refractivity contribution < 1.29 is 9.52 Å². The Kier molecular flexibility index (Phi) is 4.30. The summed E-state index contributed by atoms with van der Waals surface area (Å²) < 4.78 is 5.16. The van der Waals surface area contributed by atoms with E-state index >= 15 is 0 Å². The fourth-order valence-electron chi connectivity index (χ4n) is 1.62. The summed E-state index contributed by atoms with van der Waals surface area (Å²) in [4.78, 5) is 4.19. The maximum absolute atomic E-state index is 9.89. The lowest BCUT2D eigenvalue weighted by molar-refractivity contribution is 0.128. The molecule has 2 heterocycles. The number of furan rings is 1. The molecule has 0 aliphatic heterocycles. The molecule has 0 radical (unpaired) electrons. The first-order valence-electron chi connectivity index (χ1n) is 5.57. The largest absolute Gasteiger partial charge is 0.467 e. The summed E-state index contributed by atoms with van der Waals surface area (Å²) in [6.07, 6.45) is 1.65. The van der Waals surface area contributed by atoms with Gasteiger partial charge in [0.25, 0.3) is 0 Å². The van der Waals surface area contributed by atoms with E-state index in [4.69, 9.17) is 4.42 Å². The molecule has 0 saturated carbocycles. The van der Waals surface area contributed by atoms with Crippen LogP contribution in [0.2, 0.25) is 0 Å². The highest BCUT2D eigenvalue weighted by Crippen LogP contribution is 2.18. The molecule has 17 heavy (non-hydrogen) atoms. The van der Waals surface area contributed by atoms with E-state index < -0.39 is 6.10 Å². The smallest absolute Gasteiger partial charge is 0.132 e. The van der Waals surface area contributed by atoms with Crippen LogP contribution in [-0.2, 0) is 6.54 Å². The van der Waals surface area contributed by atoms with Gasteiger partial charge in [-0.3, -0.25) is 0 Å². The van der Waals surface area contributed by atoms with Gasteiger partial charge < -0.3 is 14.8 Å². The molecule has 5 heteroatoms. The monoisotopic (exact) mass is 252 g/mol. The quantitative estimate of drug-likeness (QED) is 0.828. The van der Waals surface area contributed by atoms with Crippen LogP contribution in [0.3, 0.4) is 0 Å². The molecule has 2 aromatic rings. The van der Waals surface area contributed by atoms with Crippen LogP contribution in [0.4, 0.5) is 0 Å². The van der Waals surface area contributed by atoms with Gasteiger partial charge in [0.2, 0.25) is 0 Å². The number of hydrogen-bond donors (Lipinski definition) is 2. The van der Waals surface area contributed by atoms with Crippen LogP contribution >= 0.6 is 11.3 Å². The highest BCUT2D eigenvalue weighted by atomic mass is 32.1. The summed E-state index contributed by atoms with van der Waals surface area (Å²) in [5.74, 6) is 0.618.